The summed E-state index contributed by atoms with van der Waals surface area (Å²) in [5.74, 6) is 0. The van der Waals surface area contributed by atoms with E-state index >= 15 is 0 Å². The summed E-state index contributed by atoms with van der Waals surface area (Å²) >= 11 is 0. The number of nitrogens with zero attached hydrogens (tertiary/aromatic N) is 2. The van der Waals surface area contributed by atoms with Gasteiger partial charge in [0.15, 0.2) is 0 Å². The number of hydrogen-bond donors (Lipinski definition) is 0. The maximum Gasteiger partial charge on any atom is 0.116 e. The van der Waals surface area contributed by atoms with Crippen molar-refractivity contribution in [2.45, 2.75) is 0 Å². The molecule has 0 unspecified atom stereocenters. The number of para-hydroxylation sites is 1. The van der Waals surface area contributed by atoms with E-state index in [9.17, 15) is 0 Å². The first-order chi connectivity index (χ1) is 9.31. The normalized spacial score (nSPS) is 14.2. The van der Waals surface area contributed by atoms with Gasteiger partial charge in [-0.05, 0) is 25.5 Å². The third-order valence-corrected chi connectivity index (χ3v) is 3.34. The number of anilines is 1. The summed E-state index contributed by atoms with van der Waals surface area (Å²) in [5, 5.41) is 2.27. The van der Waals surface area contributed by atoms with Gasteiger partial charge in [-0.1, -0.05) is 23.6 Å². The molecule has 0 fully saturated rings. The van der Waals surface area contributed by atoms with Crippen LogP contribution in [-0.4, -0.2) is 11.9 Å². The molecule has 1 radical (unpaired) electrons. The second-order valence-electron chi connectivity index (χ2n) is 4.68. The Bertz CT molecular complexity index is 793. The molecule has 0 bridgehead atoms. The standard InChI is InChI=1S/C16H12N2O.Ir/c1-17-8-9-18(11-17)12-6-7-16-14(10-12)13-4-2-3-5-15(13)19-16;/h2-5,7-11H,1H3;/q-2;. The quantitative estimate of drug-likeness (QED) is 0.538. The minimum Gasteiger partial charge on any atom is -0.516 e. The summed E-state index contributed by atoms with van der Waals surface area (Å²) in [7, 11) is 2.00. The molecule has 103 valence electrons. The minimum absolute atomic E-state index is 0. The van der Waals surface area contributed by atoms with Crippen LogP contribution in [-0.2, 0) is 20.1 Å². The van der Waals surface area contributed by atoms with Crippen LogP contribution in [0.1, 0.15) is 0 Å². The number of fused-ring (bicyclic) bond motifs is 3. The average molecular weight is 441 g/mol. The largest absolute Gasteiger partial charge is 0.516 e. The molecule has 0 aliphatic carbocycles. The van der Waals surface area contributed by atoms with Crippen molar-refractivity contribution in [1.29, 1.82) is 0 Å². The Hall–Kier alpha value is -1.77. The summed E-state index contributed by atoms with van der Waals surface area (Å²) in [5.41, 5.74) is 2.81. The van der Waals surface area contributed by atoms with Gasteiger partial charge in [0.1, 0.15) is 5.58 Å². The van der Waals surface area contributed by atoms with E-state index in [0.29, 0.717) is 0 Å². The summed E-state index contributed by atoms with van der Waals surface area (Å²) in [6.07, 6.45) is 4.02. The second kappa shape index (κ2) is 4.97. The van der Waals surface area contributed by atoms with Crippen molar-refractivity contribution in [3.8, 4) is 0 Å². The molecular weight excluding hydrogens is 428 g/mol. The molecule has 20 heavy (non-hydrogen) atoms. The molecule has 4 heteroatoms. The fourth-order valence-corrected chi connectivity index (χ4v) is 2.40. The van der Waals surface area contributed by atoms with Crippen molar-refractivity contribution in [2.75, 3.05) is 11.9 Å². The van der Waals surface area contributed by atoms with Crippen LogP contribution in [0.3, 0.4) is 0 Å². The van der Waals surface area contributed by atoms with E-state index in [0.717, 1.165) is 27.6 Å². The second-order valence-corrected chi connectivity index (χ2v) is 4.68. The first-order valence-corrected chi connectivity index (χ1v) is 6.18. The van der Waals surface area contributed by atoms with Crippen molar-refractivity contribution in [3.05, 3.63) is 61.5 Å². The van der Waals surface area contributed by atoms with E-state index in [1.165, 1.54) is 0 Å². The van der Waals surface area contributed by atoms with Crippen LogP contribution in [0.4, 0.5) is 5.69 Å². The predicted molar refractivity (Wildman–Crippen MR) is 76.2 cm³/mol. The zero-order valence-corrected chi connectivity index (χ0v) is 13.2. The van der Waals surface area contributed by atoms with E-state index < -0.39 is 0 Å². The summed E-state index contributed by atoms with van der Waals surface area (Å²) < 4.78 is 5.80. The van der Waals surface area contributed by atoms with Gasteiger partial charge in [-0.25, -0.2) is 0 Å². The van der Waals surface area contributed by atoms with Gasteiger partial charge in [0, 0.05) is 31.1 Å². The molecular formula is C16H12IrN2O-2. The molecule has 1 aliphatic rings. The first kappa shape index (κ1) is 13.2. The van der Waals surface area contributed by atoms with Gasteiger partial charge < -0.3 is 14.2 Å². The fraction of sp³-hybridized carbons (Fsp3) is 0.0625. The Kier molecular flexibility index (Phi) is 3.28. The summed E-state index contributed by atoms with van der Waals surface area (Å²) in [6, 6.07) is 15.4. The van der Waals surface area contributed by atoms with E-state index in [1.54, 1.807) is 0 Å². The minimum atomic E-state index is 0. The molecule has 2 heterocycles. The number of benzene rings is 2. The van der Waals surface area contributed by atoms with Crippen LogP contribution in [0.15, 0.2) is 53.2 Å². The van der Waals surface area contributed by atoms with Crippen LogP contribution in [0.25, 0.3) is 21.9 Å². The molecule has 4 rings (SSSR count). The predicted octanol–water partition coefficient (Wildman–Crippen LogP) is 3.73. The fourth-order valence-electron chi connectivity index (χ4n) is 2.40. The van der Waals surface area contributed by atoms with Crippen LogP contribution >= 0.6 is 0 Å². The van der Waals surface area contributed by atoms with Crippen molar-refractivity contribution >= 4 is 27.6 Å². The summed E-state index contributed by atoms with van der Waals surface area (Å²) in [6.45, 7) is 2.01. The molecule has 0 atom stereocenters. The van der Waals surface area contributed by atoms with Crippen molar-refractivity contribution in [2.24, 2.45) is 0 Å². The molecule has 3 nitrogen and oxygen atoms in total. The third-order valence-electron chi connectivity index (χ3n) is 3.34. The molecule has 2 aromatic carbocycles. The first-order valence-electron chi connectivity index (χ1n) is 6.18. The Morgan fingerprint density at radius 3 is 2.75 bits per heavy atom. The molecule has 1 aliphatic heterocycles. The maximum atomic E-state index is 5.80. The van der Waals surface area contributed by atoms with Crippen LogP contribution < -0.4 is 4.90 Å². The Balaban J connectivity index is 0.00000121. The SMILES string of the molecule is CN1C=CN(c2[c-]cc3oc4ccccc4c3c2)[CH-]1.[Ir]. The van der Waals surface area contributed by atoms with E-state index in [-0.39, 0.29) is 20.1 Å². The van der Waals surface area contributed by atoms with Crippen molar-refractivity contribution < 1.29 is 24.5 Å². The number of furan rings is 1. The Labute approximate surface area is 130 Å². The molecule has 0 saturated heterocycles. The average Bonchev–Trinajstić information content (AvgIpc) is 3.01. The molecule has 3 aromatic rings. The van der Waals surface area contributed by atoms with Gasteiger partial charge in [0.05, 0.1) is 0 Å². The molecule has 0 N–H and O–H groups in total. The molecule has 0 saturated carbocycles. The zero-order valence-electron chi connectivity index (χ0n) is 10.8. The number of rotatable bonds is 1. The molecule has 1 aromatic heterocycles. The monoisotopic (exact) mass is 441 g/mol. The van der Waals surface area contributed by atoms with Gasteiger partial charge in [0.2, 0.25) is 0 Å². The molecule has 0 amide bonds. The van der Waals surface area contributed by atoms with Gasteiger partial charge in [-0.3, -0.25) is 0 Å². The summed E-state index contributed by atoms with van der Waals surface area (Å²) in [4.78, 5) is 4.05. The maximum absolute atomic E-state index is 5.80. The van der Waals surface area contributed by atoms with E-state index in [2.05, 4.69) is 18.2 Å². The van der Waals surface area contributed by atoms with E-state index in [4.69, 9.17) is 4.42 Å². The van der Waals surface area contributed by atoms with Crippen LogP contribution in [0.5, 0.6) is 0 Å². The van der Waals surface area contributed by atoms with Gasteiger partial charge >= 0.3 is 0 Å². The third kappa shape index (κ3) is 2.01. The van der Waals surface area contributed by atoms with Gasteiger partial charge in [0.25, 0.3) is 0 Å². The Morgan fingerprint density at radius 1 is 1.10 bits per heavy atom. The van der Waals surface area contributed by atoms with Crippen molar-refractivity contribution in [3.63, 3.8) is 0 Å². The van der Waals surface area contributed by atoms with Crippen LogP contribution in [0, 0.1) is 12.7 Å². The zero-order chi connectivity index (χ0) is 12.8. The topological polar surface area (TPSA) is 19.6 Å². The molecule has 0 spiro atoms. The van der Waals surface area contributed by atoms with Gasteiger partial charge in [-0.15, -0.1) is 17.8 Å². The van der Waals surface area contributed by atoms with Crippen molar-refractivity contribution in [1.82, 2.24) is 4.90 Å². The van der Waals surface area contributed by atoms with E-state index in [1.807, 2.05) is 60.2 Å². The number of hydrogen-bond acceptors (Lipinski definition) is 3. The smallest absolute Gasteiger partial charge is 0.116 e. The Morgan fingerprint density at radius 2 is 1.95 bits per heavy atom. The van der Waals surface area contributed by atoms with Crippen LogP contribution in [0.2, 0.25) is 0 Å². The van der Waals surface area contributed by atoms with Gasteiger partial charge in [-0.2, -0.15) is 12.7 Å².